The van der Waals surface area contributed by atoms with Gasteiger partial charge in [0.25, 0.3) is 0 Å². The molecule has 0 saturated carbocycles. The van der Waals surface area contributed by atoms with Crippen LogP contribution in [0, 0.1) is 0 Å². The van der Waals surface area contributed by atoms with E-state index < -0.39 is 11.6 Å². The van der Waals surface area contributed by atoms with E-state index in [4.69, 9.17) is 21.4 Å². The summed E-state index contributed by atoms with van der Waals surface area (Å²) < 4.78 is 7.30. The van der Waals surface area contributed by atoms with Crippen LogP contribution in [0.4, 0.5) is 0 Å². The molecular weight excluding hydrogens is 464 g/mol. The highest BCUT2D eigenvalue weighted by molar-refractivity contribution is 6.30. The molecule has 0 radical (unpaired) electrons. The SMILES string of the molecule is CC(C)(OCc1ccc(C=CCn2nc(C(=O)c3ccc(Cl)cc3)c3ccccc32)cc1)C(=O)O. The lowest BCUT2D eigenvalue weighted by Gasteiger charge is -2.20. The van der Waals surface area contributed by atoms with Gasteiger partial charge in [0.05, 0.1) is 18.7 Å². The van der Waals surface area contributed by atoms with Crippen LogP contribution < -0.4 is 0 Å². The Labute approximate surface area is 208 Å². The van der Waals surface area contributed by atoms with Crippen LogP contribution in [0.15, 0.2) is 78.9 Å². The monoisotopic (exact) mass is 488 g/mol. The molecule has 0 unspecified atom stereocenters. The number of aliphatic carboxylic acids is 1. The fourth-order valence-electron chi connectivity index (χ4n) is 3.51. The van der Waals surface area contributed by atoms with Gasteiger partial charge in [0.2, 0.25) is 5.78 Å². The van der Waals surface area contributed by atoms with Gasteiger partial charge in [-0.2, -0.15) is 5.10 Å². The lowest BCUT2D eigenvalue weighted by atomic mass is 10.1. The number of ether oxygens (including phenoxy) is 1. The molecule has 0 bridgehead atoms. The number of fused-ring (bicyclic) bond motifs is 1. The second kappa shape index (κ2) is 10.3. The topological polar surface area (TPSA) is 81.4 Å². The van der Waals surface area contributed by atoms with Crippen molar-refractivity contribution in [3.05, 3.63) is 106 Å². The van der Waals surface area contributed by atoms with Crippen LogP contribution in [0.5, 0.6) is 0 Å². The Hall–Kier alpha value is -3.74. The number of halogens is 1. The third-order valence-electron chi connectivity index (χ3n) is 5.66. The van der Waals surface area contributed by atoms with Gasteiger partial charge in [-0.15, -0.1) is 0 Å². The van der Waals surface area contributed by atoms with Gasteiger partial charge in [-0.05, 0) is 55.3 Å². The fraction of sp³-hybridized carbons (Fsp3) is 0.179. The van der Waals surface area contributed by atoms with Gasteiger partial charge in [-0.3, -0.25) is 9.48 Å². The molecule has 0 aliphatic carbocycles. The molecule has 7 heteroatoms. The highest BCUT2D eigenvalue weighted by Crippen LogP contribution is 2.22. The molecule has 0 aliphatic heterocycles. The zero-order valence-electron chi connectivity index (χ0n) is 19.4. The number of carboxylic acids is 1. The van der Waals surface area contributed by atoms with Crippen LogP contribution >= 0.6 is 11.6 Å². The first kappa shape index (κ1) is 24.4. The number of rotatable bonds is 9. The first-order valence-corrected chi connectivity index (χ1v) is 11.5. The third-order valence-corrected chi connectivity index (χ3v) is 5.91. The van der Waals surface area contributed by atoms with E-state index >= 15 is 0 Å². The summed E-state index contributed by atoms with van der Waals surface area (Å²) in [5.41, 5.74) is 2.46. The molecule has 0 saturated heterocycles. The molecule has 4 aromatic rings. The summed E-state index contributed by atoms with van der Waals surface area (Å²) in [5.74, 6) is -1.15. The van der Waals surface area contributed by atoms with Gasteiger partial charge in [-0.1, -0.05) is 66.2 Å². The Kier molecular flexibility index (Phi) is 7.15. The largest absolute Gasteiger partial charge is 0.479 e. The smallest absolute Gasteiger partial charge is 0.335 e. The normalized spacial score (nSPS) is 11.9. The van der Waals surface area contributed by atoms with Crippen molar-refractivity contribution < 1.29 is 19.4 Å². The van der Waals surface area contributed by atoms with E-state index in [1.165, 1.54) is 13.8 Å². The van der Waals surface area contributed by atoms with Gasteiger partial charge >= 0.3 is 5.97 Å². The fourth-order valence-corrected chi connectivity index (χ4v) is 3.64. The van der Waals surface area contributed by atoms with Crippen molar-refractivity contribution in [3.63, 3.8) is 0 Å². The van der Waals surface area contributed by atoms with Crippen LogP contribution in [-0.2, 0) is 22.7 Å². The second-order valence-corrected chi connectivity index (χ2v) is 9.07. The second-order valence-electron chi connectivity index (χ2n) is 8.63. The van der Waals surface area contributed by atoms with Gasteiger partial charge in [0.15, 0.2) is 5.60 Å². The zero-order chi connectivity index (χ0) is 25.0. The van der Waals surface area contributed by atoms with E-state index in [-0.39, 0.29) is 12.4 Å². The highest BCUT2D eigenvalue weighted by Gasteiger charge is 2.27. The van der Waals surface area contributed by atoms with E-state index in [0.29, 0.717) is 22.8 Å². The van der Waals surface area contributed by atoms with Crippen molar-refractivity contribution in [1.82, 2.24) is 9.78 Å². The van der Waals surface area contributed by atoms with Crippen LogP contribution in [0.3, 0.4) is 0 Å². The number of hydrogen-bond donors (Lipinski definition) is 1. The lowest BCUT2D eigenvalue weighted by Crippen LogP contribution is -2.34. The molecule has 0 amide bonds. The summed E-state index contributed by atoms with van der Waals surface area (Å²) in [6.45, 7) is 3.76. The van der Waals surface area contributed by atoms with E-state index in [1.807, 2.05) is 65.4 Å². The number of carbonyl (C=O) groups excluding carboxylic acids is 1. The van der Waals surface area contributed by atoms with Crippen LogP contribution in [0.2, 0.25) is 5.02 Å². The van der Waals surface area contributed by atoms with E-state index in [1.54, 1.807) is 24.3 Å². The molecule has 1 N–H and O–H groups in total. The van der Waals surface area contributed by atoms with Crippen LogP contribution in [-0.4, -0.2) is 32.2 Å². The summed E-state index contributed by atoms with van der Waals surface area (Å²) in [7, 11) is 0. The number of hydrogen-bond acceptors (Lipinski definition) is 4. The standard InChI is InChI=1S/C28H25ClN2O4/c1-28(2,27(33)34)35-18-20-11-9-19(10-12-20)6-5-17-31-24-8-4-3-7-23(24)25(30-31)26(32)21-13-15-22(29)16-14-21/h3-16H,17-18H2,1-2H3,(H,33,34). The molecule has 178 valence electrons. The van der Waals surface area contributed by atoms with Gasteiger partial charge in [0.1, 0.15) is 5.69 Å². The maximum absolute atomic E-state index is 13.1. The Balaban J connectivity index is 1.47. The Morgan fingerprint density at radius 2 is 1.71 bits per heavy atom. The average Bonchev–Trinajstić information content (AvgIpc) is 3.22. The number of aromatic nitrogens is 2. The first-order valence-electron chi connectivity index (χ1n) is 11.1. The van der Waals surface area contributed by atoms with Crippen molar-refractivity contribution in [2.75, 3.05) is 0 Å². The predicted molar refractivity (Wildman–Crippen MR) is 137 cm³/mol. The van der Waals surface area contributed by atoms with E-state index in [2.05, 4.69) is 5.10 Å². The van der Waals surface area contributed by atoms with E-state index in [0.717, 1.165) is 22.0 Å². The van der Waals surface area contributed by atoms with Gasteiger partial charge in [-0.25, -0.2) is 4.79 Å². The third kappa shape index (κ3) is 5.67. The first-order chi connectivity index (χ1) is 16.7. The molecule has 3 aromatic carbocycles. The van der Waals surface area contributed by atoms with Crippen molar-refractivity contribution >= 4 is 40.3 Å². The minimum absolute atomic E-state index is 0.149. The summed E-state index contributed by atoms with van der Waals surface area (Å²) >= 11 is 5.96. The minimum atomic E-state index is -1.24. The van der Waals surface area contributed by atoms with E-state index in [9.17, 15) is 9.59 Å². The number of allylic oxidation sites excluding steroid dienone is 1. The summed E-state index contributed by atoms with van der Waals surface area (Å²) in [6, 6.07) is 22.2. The molecule has 0 fully saturated rings. The zero-order valence-corrected chi connectivity index (χ0v) is 20.2. The quantitative estimate of drug-likeness (QED) is 0.291. The number of ketones is 1. The Morgan fingerprint density at radius 3 is 2.40 bits per heavy atom. The number of carboxylic acid groups (broad SMARTS) is 1. The molecule has 1 aromatic heterocycles. The number of carbonyl (C=O) groups is 2. The lowest BCUT2D eigenvalue weighted by molar-refractivity contribution is -0.162. The van der Waals surface area contributed by atoms with Crippen molar-refractivity contribution in [2.24, 2.45) is 0 Å². The maximum atomic E-state index is 13.1. The van der Waals surface area contributed by atoms with Crippen molar-refractivity contribution in [3.8, 4) is 0 Å². The number of benzene rings is 3. The summed E-state index contributed by atoms with van der Waals surface area (Å²) in [5, 5.41) is 15.1. The highest BCUT2D eigenvalue weighted by atomic mass is 35.5. The molecule has 1 heterocycles. The molecule has 35 heavy (non-hydrogen) atoms. The molecule has 0 spiro atoms. The molecular formula is C28H25ClN2O4. The van der Waals surface area contributed by atoms with Crippen molar-refractivity contribution in [1.29, 1.82) is 0 Å². The van der Waals surface area contributed by atoms with Gasteiger partial charge in [0, 0.05) is 16.0 Å². The molecule has 0 atom stereocenters. The maximum Gasteiger partial charge on any atom is 0.335 e. The molecule has 0 aliphatic rings. The predicted octanol–water partition coefficient (Wildman–Crippen LogP) is 6.01. The van der Waals surface area contributed by atoms with Crippen LogP contribution in [0.25, 0.3) is 17.0 Å². The number of nitrogens with zero attached hydrogens (tertiary/aromatic N) is 2. The van der Waals surface area contributed by atoms with Gasteiger partial charge < -0.3 is 9.84 Å². The average molecular weight is 489 g/mol. The molecule has 4 rings (SSSR count). The Bertz CT molecular complexity index is 1390. The summed E-state index contributed by atoms with van der Waals surface area (Å²) in [6.07, 6.45) is 3.96. The number of para-hydroxylation sites is 1. The summed E-state index contributed by atoms with van der Waals surface area (Å²) in [4.78, 5) is 24.3. The minimum Gasteiger partial charge on any atom is -0.479 e. The molecule has 6 nitrogen and oxygen atoms in total. The van der Waals surface area contributed by atoms with Crippen LogP contribution in [0.1, 0.15) is 41.0 Å². The van der Waals surface area contributed by atoms with Crippen molar-refractivity contribution in [2.45, 2.75) is 32.6 Å². The Morgan fingerprint density at radius 1 is 1.03 bits per heavy atom.